The van der Waals surface area contributed by atoms with Crippen LogP contribution in [0.3, 0.4) is 0 Å². The number of ether oxygens (including phenoxy) is 2. The third-order valence-electron chi connectivity index (χ3n) is 8.99. The Bertz CT molecular complexity index is 1200. The zero-order chi connectivity index (χ0) is 31.9. The van der Waals surface area contributed by atoms with E-state index in [-0.39, 0.29) is 34.9 Å². The largest absolute Gasteiger partial charge is 0.490 e. The van der Waals surface area contributed by atoms with Gasteiger partial charge in [0.05, 0.1) is 0 Å². The first-order valence-corrected chi connectivity index (χ1v) is 17.1. The van der Waals surface area contributed by atoms with Crippen LogP contribution in [-0.4, -0.2) is 28.6 Å². The Labute approximate surface area is 268 Å². The van der Waals surface area contributed by atoms with E-state index in [0.29, 0.717) is 0 Å². The first-order chi connectivity index (χ1) is 20.9. The molecule has 6 atom stereocenters. The van der Waals surface area contributed by atoms with Gasteiger partial charge in [0.15, 0.2) is 0 Å². The molecule has 6 unspecified atom stereocenters. The lowest BCUT2D eigenvalue weighted by Crippen LogP contribution is -2.41. The van der Waals surface area contributed by atoms with Crippen molar-refractivity contribution in [3.63, 3.8) is 0 Å². The summed E-state index contributed by atoms with van der Waals surface area (Å²) in [5.41, 5.74) is 2.62. The van der Waals surface area contributed by atoms with Crippen molar-refractivity contribution in [2.75, 3.05) is 0 Å². The molecule has 2 aliphatic carbocycles. The Hall–Kier alpha value is -2.77. The number of hydrogen-bond donors (Lipinski definition) is 0. The molecule has 2 fully saturated rings. The van der Waals surface area contributed by atoms with Gasteiger partial charge in [-0.3, -0.25) is 8.37 Å². The Balaban J connectivity index is 1.39. The van der Waals surface area contributed by atoms with Gasteiger partial charge in [0, 0.05) is 11.8 Å². The van der Waals surface area contributed by atoms with E-state index in [1.807, 2.05) is 24.3 Å². The smallest absolute Gasteiger partial charge is 0.307 e. The monoisotopic (exact) mass is 618 g/mol. The fourth-order valence-corrected chi connectivity index (χ4v) is 7.07. The summed E-state index contributed by atoms with van der Waals surface area (Å²) in [5.74, 6) is 6.81. The van der Waals surface area contributed by atoms with E-state index < -0.39 is 23.6 Å². The number of benzene rings is 2. The topological polar surface area (TPSA) is 54.0 Å². The summed E-state index contributed by atoms with van der Waals surface area (Å²) in [6.07, 6.45) is 17.6. The lowest BCUT2D eigenvalue weighted by atomic mass is 9.82. The molecule has 2 aromatic rings. The van der Waals surface area contributed by atoms with Crippen molar-refractivity contribution < 1.29 is 22.0 Å². The summed E-state index contributed by atoms with van der Waals surface area (Å²) >= 11 is -2.13. The van der Waals surface area contributed by atoms with Crippen LogP contribution < -0.4 is 9.47 Å². The highest BCUT2D eigenvalue weighted by molar-refractivity contribution is 7.75. The van der Waals surface area contributed by atoms with Crippen molar-refractivity contribution >= 4 is 11.4 Å². The SMILES string of the molecule is C#CC(OS(=O)OC(C#C)C1CCCCC1Oc1ccc(C(C)(C)C)cc1)C1CCCCC1Oc1ccc(C(C)(C)C)cc1. The molecule has 2 saturated carbocycles. The molecule has 4 rings (SSSR count). The summed E-state index contributed by atoms with van der Waals surface area (Å²) in [6.45, 7) is 13.1. The Morgan fingerprint density at radius 1 is 0.636 bits per heavy atom. The minimum atomic E-state index is -2.13. The van der Waals surface area contributed by atoms with Crippen LogP contribution in [0.15, 0.2) is 48.5 Å². The Kier molecular flexibility index (Phi) is 11.6. The second-order valence-electron chi connectivity index (χ2n) is 14.3. The minimum Gasteiger partial charge on any atom is -0.490 e. The van der Waals surface area contributed by atoms with E-state index in [2.05, 4.69) is 77.6 Å². The molecule has 0 aromatic heterocycles. The highest BCUT2D eigenvalue weighted by Crippen LogP contribution is 2.35. The van der Waals surface area contributed by atoms with Crippen molar-refractivity contribution in [2.45, 2.75) is 128 Å². The molecule has 0 bridgehead atoms. The average molecular weight is 619 g/mol. The average Bonchev–Trinajstić information content (AvgIpc) is 2.99. The molecule has 0 N–H and O–H groups in total. The zero-order valence-electron chi connectivity index (χ0n) is 27.3. The molecule has 0 aliphatic heterocycles. The lowest BCUT2D eigenvalue weighted by Gasteiger charge is -2.36. The summed E-state index contributed by atoms with van der Waals surface area (Å²) in [4.78, 5) is 0. The minimum absolute atomic E-state index is 0.0656. The van der Waals surface area contributed by atoms with Gasteiger partial charge >= 0.3 is 11.4 Å². The van der Waals surface area contributed by atoms with E-state index in [9.17, 15) is 4.21 Å². The summed E-state index contributed by atoms with van der Waals surface area (Å²) in [7, 11) is 0. The van der Waals surface area contributed by atoms with Gasteiger partial charge in [-0.15, -0.1) is 12.8 Å². The standard InChI is InChI=1S/C38H50O5S/c1-9-33(31-15-11-13-17-35(31)40-29-23-19-27(20-24-29)37(3,4)5)42-44(39)43-34(10-2)32-16-12-14-18-36(32)41-30-25-21-28(22-26-30)38(6,7)8/h1-2,19-26,31-36H,11-18H2,3-8H3. The third-order valence-corrected chi connectivity index (χ3v) is 9.72. The maximum Gasteiger partial charge on any atom is 0.307 e. The fourth-order valence-electron chi connectivity index (χ4n) is 6.29. The quantitative estimate of drug-likeness (QED) is 0.250. The predicted octanol–water partition coefficient (Wildman–Crippen LogP) is 8.47. The van der Waals surface area contributed by atoms with Gasteiger partial charge in [0.1, 0.15) is 35.9 Å². The van der Waals surface area contributed by atoms with E-state index >= 15 is 0 Å². The first kappa shape index (κ1) is 34.1. The van der Waals surface area contributed by atoms with Crippen LogP contribution in [0.4, 0.5) is 0 Å². The van der Waals surface area contributed by atoms with Gasteiger partial charge in [-0.2, -0.15) is 4.21 Å². The van der Waals surface area contributed by atoms with Gasteiger partial charge in [0.25, 0.3) is 0 Å². The van der Waals surface area contributed by atoms with Crippen molar-refractivity contribution in [3.05, 3.63) is 59.7 Å². The van der Waals surface area contributed by atoms with Crippen LogP contribution in [0.25, 0.3) is 0 Å². The molecule has 0 heterocycles. The summed E-state index contributed by atoms with van der Waals surface area (Å²) in [5, 5.41) is 0. The Morgan fingerprint density at radius 2 is 0.977 bits per heavy atom. The third kappa shape index (κ3) is 9.13. The zero-order valence-corrected chi connectivity index (χ0v) is 28.2. The number of terminal acetylenes is 2. The number of hydrogen-bond acceptors (Lipinski definition) is 5. The van der Waals surface area contributed by atoms with E-state index in [4.69, 9.17) is 30.7 Å². The van der Waals surface area contributed by atoms with Gasteiger partial charge in [-0.1, -0.05) is 90.5 Å². The molecule has 5 nitrogen and oxygen atoms in total. The molecule has 238 valence electrons. The maximum atomic E-state index is 13.3. The second-order valence-corrected chi connectivity index (χ2v) is 15.1. The van der Waals surface area contributed by atoms with Gasteiger partial charge in [-0.05, 0) is 84.7 Å². The van der Waals surface area contributed by atoms with Crippen LogP contribution in [-0.2, 0) is 30.6 Å². The van der Waals surface area contributed by atoms with E-state index in [1.165, 1.54) is 11.1 Å². The van der Waals surface area contributed by atoms with Crippen LogP contribution in [0.2, 0.25) is 0 Å². The van der Waals surface area contributed by atoms with Crippen molar-refractivity contribution in [1.82, 2.24) is 0 Å². The van der Waals surface area contributed by atoms with Gasteiger partial charge in [0.2, 0.25) is 0 Å². The first-order valence-electron chi connectivity index (χ1n) is 16.1. The summed E-state index contributed by atoms with van der Waals surface area (Å²) in [6, 6.07) is 16.5. The molecule has 0 radical (unpaired) electrons. The van der Waals surface area contributed by atoms with Crippen LogP contribution >= 0.6 is 0 Å². The maximum absolute atomic E-state index is 13.3. The van der Waals surface area contributed by atoms with Crippen molar-refractivity contribution in [3.8, 4) is 36.2 Å². The molecule has 2 aliphatic rings. The van der Waals surface area contributed by atoms with Gasteiger partial charge in [-0.25, -0.2) is 0 Å². The molecular weight excluding hydrogens is 568 g/mol. The van der Waals surface area contributed by atoms with E-state index in [1.54, 1.807) is 0 Å². The number of rotatable bonds is 10. The molecule has 0 amide bonds. The lowest BCUT2D eigenvalue weighted by molar-refractivity contribution is 0.0201. The van der Waals surface area contributed by atoms with Gasteiger partial charge < -0.3 is 9.47 Å². The normalized spacial score (nSPS) is 24.7. The van der Waals surface area contributed by atoms with Crippen molar-refractivity contribution in [2.24, 2.45) is 11.8 Å². The molecular formula is C38H50O5S. The van der Waals surface area contributed by atoms with E-state index in [0.717, 1.165) is 62.9 Å². The van der Waals surface area contributed by atoms with Crippen LogP contribution in [0, 0.1) is 36.5 Å². The van der Waals surface area contributed by atoms with Crippen LogP contribution in [0.1, 0.15) is 104 Å². The second kappa shape index (κ2) is 15.0. The molecule has 2 aromatic carbocycles. The molecule has 44 heavy (non-hydrogen) atoms. The fraction of sp³-hybridized carbons (Fsp3) is 0.579. The summed E-state index contributed by atoms with van der Waals surface area (Å²) < 4.78 is 37.9. The van der Waals surface area contributed by atoms with Crippen LogP contribution in [0.5, 0.6) is 11.5 Å². The molecule has 6 heteroatoms. The highest BCUT2D eigenvalue weighted by Gasteiger charge is 2.38. The van der Waals surface area contributed by atoms with Crippen molar-refractivity contribution in [1.29, 1.82) is 0 Å². The molecule has 0 saturated heterocycles. The predicted molar refractivity (Wildman–Crippen MR) is 179 cm³/mol. The Morgan fingerprint density at radius 3 is 1.30 bits per heavy atom. The highest BCUT2D eigenvalue weighted by atomic mass is 32.2. The molecule has 0 spiro atoms.